The minimum Gasteiger partial charge on any atom is -0.462 e. The van der Waals surface area contributed by atoms with Crippen molar-refractivity contribution in [2.45, 2.75) is 154 Å². The highest BCUT2D eigenvalue weighted by atomic mass is 31.2. The summed E-state index contributed by atoms with van der Waals surface area (Å²) in [5.41, 5.74) is 0. The Morgan fingerprint density at radius 1 is 0.516 bits per heavy atom. The Morgan fingerprint density at radius 2 is 0.952 bits per heavy atom. The fourth-order valence-electron chi connectivity index (χ4n) is 5.11. The molecule has 0 amide bonds. The van der Waals surface area contributed by atoms with E-state index in [4.69, 9.17) is 23.8 Å². The smallest absolute Gasteiger partial charge is 0.462 e. The first-order valence-electron chi connectivity index (χ1n) is 22.0. The van der Waals surface area contributed by atoms with Gasteiger partial charge in [0.05, 0.1) is 25.9 Å². The highest BCUT2D eigenvalue weighted by Crippen LogP contribution is 2.43. The lowest BCUT2D eigenvalue weighted by Crippen LogP contribution is -2.29. The van der Waals surface area contributed by atoms with E-state index in [0.717, 1.165) is 64.2 Å². The van der Waals surface area contributed by atoms with E-state index in [1.807, 2.05) is 42.5 Å². The first-order valence-corrected chi connectivity index (χ1v) is 25.0. The molecule has 0 heterocycles. The zero-order valence-electron chi connectivity index (χ0n) is 37.0. The summed E-state index contributed by atoms with van der Waals surface area (Å²) in [6.45, 7) is 1.42. The van der Waals surface area contributed by atoms with Crippen LogP contribution in [0.1, 0.15) is 136 Å². The molecule has 0 aliphatic heterocycles. The molecule has 0 aliphatic carbocycles. The number of aliphatic hydroxyl groups is 2. The fraction of sp³-hybridized carbons (Fsp3) is 0.609. The molecule has 4 atom stereocenters. The molecule has 0 radical (unpaired) electrons. The van der Waals surface area contributed by atoms with E-state index < -0.39 is 66.2 Å². The van der Waals surface area contributed by atoms with Crippen LogP contribution in [-0.2, 0) is 41.8 Å². The lowest BCUT2D eigenvalue weighted by atomic mass is 10.1. The molecular formula is C46H76O14P2. The number of esters is 2. The van der Waals surface area contributed by atoms with Crippen molar-refractivity contribution >= 4 is 27.6 Å². The molecule has 1 unspecified atom stereocenters. The van der Waals surface area contributed by atoms with Gasteiger partial charge in [-0.05, 0) is 83.5 Å². The van der Waals surface area contributed by atoms with Crippen LogP contribution < -0.4 is 0 Å². The molecule has 5 N–H and O–H groups in total. The number of carbonyl (C=O) groups excluding carboxylic acids is 2. The third kappa shape index (κ3) is 43.6. The molecule has 354 valence electrons. The fourth-order valence-corrected chi connectivity index (χ4v) is 6.27. The molecular weight excluding hydrogens is 838 g/mol. The predicted octanol–water partition coefficient (Wildman–Crippen LogP) is 10.3. The van der Waals surface area contributed by atoms with E-state index >= 15 is 0 Å². The van der Waals surface area contributed by atoms with Crippen molar-refractivity contribution < 1.29 is 66.7 Å². The van der Waals surface area contributed by atoms with E-state index in [2.05, 4.69) is 77.6 Å². The molecule has 0 fully saturated rings. The normalized spacial score (nSPS) is 15.4. The number of hydrogen-bond donors (Lipinski definition) is 5. The average Bonchev–Trinajstić information content (AvgIpc) is 3.23. The molecule has 0 rings (SSSR count). The zero-order valence-corrected chi connectivity index (χ0v) is 38.8. The van der Waals surface area contributed by atoms with E-state index in [1.165, 1.54) is 19.3 Å². The van der Waals surface area contributed by atoms with Gasteiger partial charge >= 0.3 is 27.6 Å². The summed E-state index contributed by atoms with van der Waals surface area (Å²) in [5, 5.41) is 19.6. The van der Waals surface area contributed by atoms with Gasteiger partial charge < -0.3 is 34.4 Å². The summed E-state index contributed by atoms with van der Waals surface area (Å²) in [6, 6.07) is 0. The van der Waals surface area contributed by atoms with Gasteiger partial charge in [-0.3, -0.25) is 23.2 Å². The molecule has 0 aromatic heterocycles. The third-order valence-electron chi connectivity index (χ3n) is 8.51. The van der Waals surface area contributed by atoms with E-state index in [9.17, 15) is 33.8 Å². The lowest BCUT2D eigenvalue weighted by Gasteiger charge is -2.20. The van der Waals surface area contributed by atoms with Gasteiger partial charge in [-0.25, -0.2) is 9.13 Å². The number of rotatable bonds is 40. The molecule has 0 aliphatic rings. The monoisotopic (exact) mass is 914 g/mol. The van der Waals surface area contributed by atoms with Crippen LogP contribution in [0.25, 0.3) is 0 Å². The van der Waals surface area contributed by atoms with Crippen LogP contribution in [0, 0.1) is 0 Å². The number of phosphoric ester groups is 2. The summed E-state index contributed by atoms with van der Waals surface area (Å²) in [7, 11) is -9.73. The highest BCUT2D eigenvalue weighted by molar-refractivity contribution is 7.47. The second-order valence-electron chi connectivity index (χ2n) is 14.4. The molecule has 0 aromatic carbocycles. The number of hydrogen-bond acceptors (Lipinski definition) is 11. The molecule has 16 heteroatoms. The highest BCUT2D eigenvalue weighted by Gasteiger charge is 2.28. The maximum atomic E-state index is 12.6. The van der Waals surface area contributed by atoms with Gasteiger partial charge in [0.15, 0.2) is 6.10 Å². The summed E-state index contributed by atoms with van der Waals surface area (Å²) in [5.74, 6) is -1.20. The van der Waals surface area contributed by atoms with E-state index in [0.29, 0.717) is 25.7 Å². The van der Waals surface area contributed by atoms with Crippen molar-refractivity contribution in [3.63, 3.8) is 0 Å². The van der Waals surface area contributed by atoms with Crippen molar-refractivity contribution in [3.8, 4) is 0 Å². The number of aliphatic hydroxyl groups excluding tert-OH is 2. The van der Waals surface area contributed by atoms with Crippen LogP contribution >= 0.6 is 15.6 Å². The summed E-state index contributed by atoms with van der Waals surface area (Å²) >= 11 is 0. The predicted molar refractivity (Wildman–Crippen MR) is 245 cm³/mol. The van der Waals surface area contributed by atoms with Gasteiger partial charge in [0.2, 0.25) is 0 Å². The van der Waals surface area contributed by atoms with Crippen LogP contribution in [0.5, 0.6) is 0 Å². The summed E-state index contributed by atoms with van der Waals surface area (Å²) in [4.78, 5) is 52.7. The maximum Gasteiger partial charge on any atom is 0.472 e. The Hall–Kier alpha value is -3.00. The number of allylic oxidation sites excluding steroid dienone is 15. The Morgan fingerprint density at radius 3 is 1.45 bits per heavy atom. The second kappa shape index (κ2) is 40.8. The first-order chi connectivity index (χ1) is 29.8. The van der Waals surface area contributed by atoms with Crippen molar-refractivity contribution in [1.82, 2.24) is 0 Å². The minimum absolute atomic E-state index is 0.0215. The van der Waals surface area contributed by atoms with Gasteiger partial charge in [-0.15, -0.1) is 0 Å². The van der Waals surface area contributed by atoms with Crippen LogP contribution in [0.15, 0.2) is 97.2 Å². The van der Waals surface area contributed by atoms with Gasteiger partial charge in [-0.1, -0.05) is 137 Å². The molecule has 0 saturated heterocycles. The second-order valence-corrected chi connectivity index (χ2v) is 17.1. The minimum atomic E-state index is -4.88. The number of phosphoric acid groups is 2. The van der Waals surface area contributed by atoms with Crippen LogP contribution in [-0.4, -0.2) is 81.6 Å². The standard InChI is InChI=1S/C46H76O14P2/c1-3-5-7-8-9-10-11-12-13-14-15-16-20-23-26-29-32-36-45(49)56-40-44(41-59-62(54,55)58-39-43(48)38-57-61(51,52)53)60-46(50)37-33-30-27-24-21-18-17-19-22-25-28-31-35-42(47)34-6-4-2/h9-10,12-13,15-18,22-27,31,35,42-44,47-48H,3-8,11,14,19-21,28-30,32-34,36-41H2,1-2H3,(H,54,55)(H2,51,52,53)/b10-9-,13-12-,16-15-,18-17-,25-22-,26-23-,27-24-,35-31-/t42-,43+,44-/m1/s1. The molecule has 0 saturated carbocycles. The topological polar surface area (TPSA) is 216 Å². The van der Waals surface area contributed by atoms with Crippen molar-refractivity contribution in [2.75, 3.05) is 26.4 Å². The van der Waals surface area contributed by atoms with Crippen LogP contribution in [0.3, 0.4) is 0 Å². The Bertz CT molecular complexity index is 1480. The Balaban J connectivity index is 4.75. The van der Waals surface area contributed by atoms with Crippen LogP contribution in [0.4, 0.5) is 0 Å². The Kier molecular flexibility index (Phi) is 38.8. The zero-order chi connectivity index (χ0) is 46.0. The number of unbranched alkanes of at least 4 members (excludes halogenated alkanes) is 6. The van der Waals surface area contributed by atoms with E-state index in [-0.39, 0.29) is 18.9 Å². The lowest BCUT2D eigenvalue weighted by molar-refractivity contribution is -0.161. The largest absolute Gasteiger partial charge is 0.472 e. The number of carbonyl (C=O) groups is 2. The van der Waals surface area contributed by atoms with E-state index in [1.54, 1.807) is 0 Å². The molecule has 0 aromatic rings. The quantitative estimate of drug-likeness (QED) is 0.0167. The Labute approximate surface area is 371 Å². The molecule has 14 nitrogen and oxygen atoms in total. The van der Waals surface area contributed by atoms with Crippen LogP contribution in [0.2, 0.25) is 0 Å². The molecule has 0 bridgehead atoms. The molecule has 62 heavy (non-hydrogen) atoms. The summed E-state index contributed by atoms with van der Waals surface area (Å²) < 4.78 is 47.6. The van der Waals surface area contributed by atoms with Crippen molar-refractivity contribution in [1.29, 1.82) is 0 Å². The van der Waals surface area contributed by atoms with Gasteiger partial charge in [0.25, 0.3) is 0 Å². The first kappa shape index (κ1) is 59.0. The third-order valence-corrected chi connectivity index (χ3v) is 9.94. The summed E-state index contributed by atoms with van der Waals surface area (Å²) in [6.07, 6.45) is 44.6. The molecule has 0 spiro atoms. The SMILES string of the molecule is CCCCC/C=C\C/C=C\C/C=C\C/C=C\CCCC(=O)OC[C@H](COP(=O)(O)OC[C@@H](O)COP(=O)(O)O)OC(=O)CCC/C=C\C/C=C\C/C=C\C/C=C\[C@H](O)CCCC. The average molecular weight is 915 g/mol. The van der Waals surface area contributed by atoms with Crippen molar-refractivity contribution in [2.24, 2.45) is 0 Å². The maximum absolute atomic E-state index is 12.6. The van der Waals surface area contributed by atoms with Gasteiger partial charge in [0.1, 0.15) is 12.7 Å². The number of ether oxygens (including phenoxy) is 2. The van der Waals surface area contributed by atoms with Crippen molar-refractivity contribution in [3.05, 3.63) is 97.2 Å². The van der Waals surface area contributed by atoms with Gasteiger partial charge in [-0.2, -0.15) is 0 Å². The van der Waals surface area contributed by atoms with Gasteiger partial charge in [0, 0.05) is 12.8 Å².